The first-order valence-electron chi connectivity index (χ1n) is 9.07. The van der Waals surface area contributed by atoms with Crippen molar-refractivity contribution in [2.45, 2.75) is 72.5 Å². The van der Waals surface area contributed by atoms with Gasteiger partial charge in [0.2, 0.25) is 0 Å². The summed E-state index contributed by atoms with van der Waals surface area (Å²) >= 11 is 0. The van der Waals surface area contributed by atoms with E-state index in [-0.39, 0.29) is 47.3 Å². The molecule has 0 aromatic heterocycles. The third-order valence-corrected chi connectivity index (χ3v) is 7.05. The summed E-state index contributed by atoms with van der Waals surface area (Å²) in [7, 11) is 0. The number of Topliss-reactive ketones (excluding diaryl/α,β-unsaturated/α-hetero) is 1. The lowest BCUT2D eigenvalue weighted by atomic mass is 9.43. The molecule has 2 aliphatic carbocycles. The lowest BCUT2D eigenvalue weighted by Crippen LogP contribution is -2.66. The van der Waals surface area contributed by atoms with E-state index in [1.807, 2.05) is 13.8 Å². The molecule has 2 saturated carbocycles. The molecular weight excluding hydrogens is 324 g/mol. The van der Waals surface area contributed by atoms with Crippen molar-refractivity contribution >= 4 is 18.2 Å². The molecule has 2 aliphatic rings. The van der Waals surface area contributed by atoms with Gasteiger partial charge < -0.3 is 10.2 Å². The molecule has 24 heavy (non-hydrogen) atoms. The lowest BCUT2D eigenvalue weighted by Gasteiger charge is -2.63. The van der Waals surface area contributed by atoms with E-state index in [4.69, 9.17) is 0 Å². The molecule has 0 amide bonds. The van der Waals surface area contributed by atoms with Crippen LogP contribution in [0, 0.1) is 34.5 Å². The van der Waals surface area contributed by atoms with E-state index in [0.717, 1.165) is 19.3 Å². The summed E-state index contributed by atoms with van der Waals surface area (Å²) in [6.45, 7) is 14.3. The van der Waals surface area contributed by atoms with Gasteiger partial charge in [0.25, 0.3) is 0 Å². The zero-order chi connectivity index (χ0) is 17.6. The maximum atomic E-state index is 13.1. The fraction of sp³-hybridized carbons (Fsp3) is 0.850. The Morgan fingerprint density at radius 3 is 2.38 bits per heavy atom. The third kappa shape index (κ3) is 3.32. The highest BCUT2D eigenvalue weighted by Gasteiger charge is 2.65. The molecule has 5 atom stereocenters. The van der Waals surface area contributed by atoms with Crippen LogP contribution in [-0.2, 0) is 4.79 Å². The molecule has 2 fully saturated rings. The van der Waals surface area contributed by atoms with Gasteiger partial charge in [-0.2, -0.15) is 0 Å². The summed E-state index contributed by atoms with van der Waals surface area (Å²) in [6, 6.07) is 0. The van der Waals surface area contributed by atoms with Gasteiger partial charge >= 0.3 is 0 Å². The number of carbonyl (C=O) groups is 1. The first-order valence-corrected chi connectivity index (χ1v) is 9.07. The molecule has 0 radical (unpaired) electrons. The maximum Gasteiger partial charge on any atom is 0.168 e. The van der Waals surface area contributed by atoms with Crippen molar-refractivity contribution in [2.75, 3.05) is 0 Å². The number of rotatable bonds is 4. The van der Waals surface area contributed by atoms with Crippen molar-refractivity contribution in [1.82, 2.24) is 0 Å². The van der Waals surface area contributed by atoms with Crippen LogP contribution in [0.4, 0.5) is 0 Å². The summed E-state index contributed by atoms with van der Waals surface area (Å²) < 4.78 is 0. The van der Waals surface area contributed by atoms with Crippen molar-refractivity contribution in [1.29, 1.82) is 0 Å². The van der Waals surface area contributed by atoms with Gasteiger partial charge in [-0.3, -0.25) is 4.79 Å². The van der Waals surface area contributed by atoms with E-state index in [2.05, 4.69) is 27.4 Å². The summed E-state index contributed by atoms with van der Waals surface area (Å²) in [4.78, 5) is 13.1. The van der Waals surface area contributed by atoms with Gasteiger partial charge in [0, 0.05) is 24.2 Å². The average molecular weight is 359 g/mol. The average Bonchev–Trinajstić information content (AvgIpc) is 2.43. The van der Waals surface area contributed by atoms with Gasteiger partial charge in [-0.05, 0) is 42.4 Å². The van der Waals surface area contributed by atoms with Crippen molar-refractivity contribution in [3.05, 3.63) is 12.7 Å². The number of allylic oxidation sites excluding steroid dienone is 1. The second-order valence-corrected chi connectivity index (χ2v) is 9.06. The quantitative estimate of drug-likeness (QED) is 0.580. The lowest BCUT2D eigenvalue weighted by molar-refractivity contribution is -0.318. The maximum absolute atomic E-state index is 13.1. The summed E-state index contributed by atoms with van der Waals surface area (Å²) in [5.74, 6) is -1.42. The minimum atomic E-state index is -1.76. The van der Waals surface area contributed by atoms with Crippen molar-refractivity contribution in [2.24, 2.45) is 34.5 Å². The standard InChI is InChI=1S/C20H34O3.ClH/c1-7-13(2)12-15(21)17-14(3)8-9-16-18(4,5)10-11-20(22,23)19(16,17)6;/h7,13-14,16-17,22-23H,1,8-12H2,2-6H3;1H/t13-,14+,16+,17-,19+;/m1./s1. The molecule has 0 aromatic rings. The molecule has 0 spiro atoms. The monoisotopic (exact) mass is 358 g/mol. The van der Waals surface area contributed by atoms with Crippen molar-refractivity contribution in [3.8, 4) is 0 Å². The van der Waals surface area contributed by atoms with E-state index < -0.39 is 11.2 Å². The molecule has 0 unspecified atom stereocenters. The molecule has 2 N–H and O–H groups in total. The van der Waals surface area contributed by atoms with E-state index in [1.165, 1.54) is 0 Å². The summed E-state index contributed by atoms with van der Waals surface area (Å²) in [5.41, 5.74) is -0.739. The molecule has 140 valence electrons. The van der Waals surface area contributed by atoms with E-state index in [0.29, 0.717) is 12.8 Å². The van der Waals surface area contributed by atoms with Crippen LogP contribution in [0.15, 0.2) is 12.7 Å². The van der Waals surface area contributed by atoms with E-state index >= 15 is 0 Å². The minimum Gasteiger partial charge on any atom is -0.365 e. The van der Waals surface area contributed by atoms with Crippen LogP contribution < -0.4 is 0 Å². The first kappa shape index (κ1) is 21.7. The van der Waals surface area contributed by atoms with Crippen LogP contribution in [0.5, 0.6) is 0 Å². The van der Waals surface area contributed by atoms with Crippen molar-refractivity contribution < 1.29 is 15.0 Å². The van der Waals surface area contributed by atoms with Gasteiger partial charge in [0.1, 0.15) is 5.78 Å². The molecule has 2 rings (SSSR count). The molecular formula is C20H35ClO3. The molecule has 0 aliphatic heterocycles. The predicted molar refractivity (Wildman–Crippen MR) is 99.9 cm³/mol. The summed E-state index contributed by atoms with van der Waals surface area (Å²) in [6.07, 6.45) is 5.34. The van der Waals surface area contributed by atoms with Gasteiger partial charge in [-0.25, -0.2) is 0 Å². The van der Waals surface area contributed by atoms with Crippen molar-refractivity contribution in [3.63, 3.8) is 0 Å². The zero-order valence-electron chi connectivity index (χ0n) is 15.8. The third-order valence-electron chi connectivity index (χ3n) is 7.05. The molecule has 4 heteroatoms. The predicted octanol–water partition coefficient (Wildman–Crippen LogP) is 4.36. The van der Waals surface area contributed by atoms with Crippen LogP contribution >= 0.6 is 12.4 Å². The molecule has 0 heterocycles. The molecule has 0 saturated heterocycles. The Hall–Kier alpha value is -0.380. The molecule has 0 aromatic carbocycles. The highest BCUT2D eigenvalue weighted by Crippen LogP contribution is 2.64. The topological polar surface area (TPSA) is 57.5 Å². The highest BCUT2D eigenvalue weighted by molar-refractivity contribution is 5.85. The number of hydrogen-bond donors (Lipinski definition) is 2. The van der Waals surface area contributed by atoms with Crippen LogP contribution in [0.25, 0.3) is 0 Å². The minimum absolute atomic E-state index is 0. The van der Waals surface area contributed by atoms with Crippen LogP contribution in [0.1, 0.15) is 66.7 Å². The Morgan fingerprint density at radius 1 is 1.25 bits per heavy atom. The largest absolute Gasteiger partial charge is 0.365 e. The van der Waals surface area contributed by atoms with Crippen LogP contribution in [0.2, 0.25) is 0 Å². The summed E-state index contributed by atoms with van der Waals surface area (Å²) in [5, 5.41) is 21.7. The zero-order valence-corrected chi connectivity index (χ0v) is 16.7. The Morgan fingerprint density at radius 2 is 1.83 bits per heavy atom. The van der Waals surface area contributed by atoms with Gasteiger partial charge in [-0.1, -0.05) is 40.7 Å². The number of halogens is 1. The molecule has 3 nitrogen and oxygen atoms in total. The Bertz CT molecular complexity index is 485. The number of aliphatic hydroxyl groups is 2. The van der Waals surface area contributed by atoms with Crippen LogP contribution in [0.3, 0.4) is 0 Å². The number of hydrogen-bond acceptors (Lipinski definition) is 3. The number of ketones is 1. The second-order valence-electron chi connectivity index (χ2n) is 9.06. The fourth-order valence-corrected chi connectivity index (χ4v) is 5.55. The normalized spacial score (nSPS) is 38.4. The first-order chi connectivity index (χ1) is 10.5. The van der Waals surface area contributed by atoms with E-state index in [1.54, 1.807) is 6.08 Å². The van der Waals surface area contributed by atoms with E-state index in [9.17, 15) is 15.0 Å². The van der Waals surface area contributed by atoms with Gasteiger partial charge in [0.05, 0.1) is 0 Å². The smallest absolute Gasteiger partial charge is 0.168 e. The van der Waals surface area contributed by atoms with Gasteiger partial charge in [-0.15, -0.1) is 19.0 Å². The van der Waals surface area contributed by atoms with Crippen LogP contribution in [-0.4, -0.2) is 21.8 Å². The second kappa shape index (κ2) is 7.09. The highest BCUT2D eigenvalue weighted by atomic mass is 35.5. The Labute approximate surface area is 153 Å². The Balaban J connectivity index is 0.00000288. The van der Waals surface area contributed by atoms with Gasteiger partial charge in [0.15, 0.2) is 5.79 Å². The molecule has 0 bridgehead atoms. The Kier molecular flexibility index (Phi) is 6.40. The number of fused-ring (bicyclic) bond motifs is 1. The number of carbonyl (C=O) groups excluding carboxylic acids is 1. The SMILES string of the molecule is C=C[C@@H](C)CC(=O)[C@H]1[C@@H](C)CC[C@H]2C(C)(C)CCC(O)(O)[C@]12C.Cl. The fourth-order valence-electron chi connectivity index (χ4n) is 5.55.